The number of hydrogen-bond acceptors (Lipinski definition) is 3. The molecule has 0 bridgehead atoms. The molecule has 3 heterocycles. The van der Waals surface area contributed by atoms with E-state index in [4.69, 9.17) is 5.10 Å². The Morgan fingerprint density at radius 2 is 1.75 bits per heavy atom. The van der Waals surface area contributed by atoms with Crippen molar-refractivity contribution in [3.05, 3.63) is 54.6 Å². The first-order valence-corrected chi connectivity index (χ1v) is 7.69. The second-order valence-corrected chi connectivity index (χ2v) is 5.72. The highest BCUT2D eigenvalue weighted by atomic mass is 19.1. The molecule has 4 rings (SSSR count). The second-order valence-electron chi connectivity index (χ2n) is 5.72. The summed E-state index contributed by atoms with van der Waals surface area (Å²) in [6.45, 7) is 0.539. The van der Waals surface area contributed by atoms with Crippen LogP contribution in [0.15, 0.2) is 48.8 Å². The maximum atomic E-state index is 13.3. The number of carbonyl (C=O) groups excluding carboxylic acids is 1. The van der Waals surface area contributed by atoms with Crippen molar-refractivity contribution in [1.82, 2.24) is 14.8 Å². The summed E-state index contributed by atoms with van der Waals surface area (Å²) >= 11 is 0. The number of amides is 1. The van der Waals surface area contributed by atoms with Gasteiger partial charge in [0, 0.05) is 31.4 Å². The summed E-state index contributed by atoms with van der Waals surface area (Å²) in [7, 11) is 1.76. The van der Waals surface area contributed by atoms with Crippen molar-refractivity contribution in [1.29, 1.82) is 0 Å². The third kappa shape index (κ3) is 2.27. The minimum Gasteiger partial charge on any atom is -0.300 e. The lowest BCUT2D eigenvalue weighted by molar-refractivity contribution is -0.119. The van der Waals surface area contributed by atoms with Crippen LogP contribution in [-0.4, -0.2) is 27.7 Å². The highest BCUT2D eigenvalue weighted by Gasteiger charge is 2.29. The average Bonchev–Trinajstić information content (AvgIpc) is 3.00. The molecule has 1 aliphatic heterocycles. The summed E-state index contributed by atoms with van der Waals surface area (Å²) in [5.74, 6) is 0.528. The van der Waals surface area contributed by atoms with Gasteiger partial charge in [0.05, 0.1) is 12.1 Å². The molecule has 24 heavy (non-hydrogen) atoms. The molecule has 0 fully saturated rings. The van der Waals surface area contributed by atoms with E-state index < -0.39 is 0 Å². The number of carbonyl (C=O) groups is 1. The molecule has 0 unspecified atom stereocenters. The number of halogens is 1. The SMILES string of the molecule is CN1C(=O)CCn2nc(-c3ccc(F)cc3)c(-c3ccncc3)c21. The summed E-state index contributed by atoms with van der Waals surface area (Å²) in [5.41, 5.74) is 3.33. The van der Waals surface area contributed by atoms with Crippen LogP contribution in [0, 0.1) is 5.82 Å². The Balaban J connectivity index is 1.99. The zero-order valence-corrected chi connectivity index (χ0v) is 13.1. The van der Waals surface area contributed by atoms with Gasteiger partial charge in [0.1, 0.15) is 17.3 Å². The Kier molecular flexibility index (Phi) is 3.37. The van der Waals surface area contributed by atoms with Gasteiger partial charge < -0.3 is 0 Å². The van der Waals surface area contributed by atoms with E-state index in [1.165, 1.54) is 12.1 Å². The van der Waals surface area contributed by atoms with Crippen LogP contribution in [0.25, 0.3) is 22.4 Å². The first kappa shape index (κ1) is 14.6. The lowest BCUT2D eigenvalue weighted by atomic mass is 10.0. The van der Waals surface area contributed by atoms with Gasteiger partial charge in [-0.05, 0) is 42.0 Å². The summed E-state index contributed by atoms with van der Waals surface area (Å²) in [6.07, 6.45) is 3.83. The molecule has 0 N–H and O–H groups in total. The van der Waals surface area contributed by atoms with Crippen molar-refractivity contribution in [3.8, 4) is 22.4 Å². The first-order valence-electron chi connectivity index (χ1n) is 7.69. The third-order valence-corrected chi connectivity index (χ3v) is 4.24. The molecule has 0 radical (unpaired) electrons. The van der Waals surface area contributed by atoms with Crippen molar-refractivity contribution in [2.24, 2.45) is 0 Å². The summed E-state index contributed by atoms with van der Waals surface area (Å²) in [4.78, 5) is 17.8. The number of pyridine rings is 1. The Labute approximate surface area is 138 Å². The molecular weight excluding hydrogens is 307 g/mol. The molecule has 6 heteroatoms. The van der Waals surface area contributed by atoms with Crippen LogP contribution >= 0.6 is 0 Å². The minimum absolute atomic E-state index is 0.0587. The monoisotopic (exact) mass is 322 g/mol. The molecular formula is C18H15FN4O. The quantitative estimate of drug-likeness (QED) is 0.728. The lowest BCUT2D eigenvalue weighted by Crippen LogP contribution is -2.34. The molecule has 0 saturated carbocycles. The molecule has 1 amide bonds. The molecule has 0 spiro atoms. The van der Waals surface area contributed by atoms with Crippen LogP contribution in [0.1, 0.15) is 6.42 Å². The number of benzene rings is 1. The predicted molar refractivity (Wildman–Crippen MR) is 88.9 cm³/mol. The zero-order valence-electron chi connectivity index (χ0n) is 13.1. The number of fused-ring (bicyclic) bond motifs is 1. The summed E-state index contributed by atoms with van der Waals surface area (Å²) < 4.78 is 15.1. The normalized spacial score (nSPS) is 13.9. The van der Waals surface area contributed by atoms with Crippen LogP contribution < -0.4 is 4.90 Å². The van der Waals surface area contributed by atoms with E-state index in [9.17, 15) is 9.18 Å². The van der Waals surface area contributed by atoms with Gasteiger partial charge in [-0.15, -0.1) is 0 Å². The van der Waals surface area contributed by atoms with Gasteiger partial charge in [0.2, 0.25) is 5.91 Å². The van der Waals surface area contributed by atoms with Crippen molar-refractivity contribution >= 4 is 11.7 Å². The van der Waals surface area contributed by atoms with E-state index in [1.807, 2.05) is 16.8 Å². The van der Waals surface area contributed by atoms with Crippen molar-refractivity contribution < 1.29 is 9.18 Å². The summed E-state index contributed by atoms with van der Waals surface area (Å²) in [6, 6.07) is 10.0. The number of aromatic nitrogens is 3. The number of anilines is 1. The average molecular weight is 322 g/mol. The van der Waals surface area contributed by atoms with Gasteiger partial charge in [0.25, 0.3) is 0 Å². The second kappa shape index (κ2) is 5.56. The van der Waals surface area contributed by atoms with Crippen LogP contribution in [0.5, 0.6) is 0 Å². The van der Waals surface area contributed by atoms with Gasteiger partial charge in [-0.2, -0.15) is 5.10 Å². The predicted octanol–water partition coefficient (Wildman–Crippen LogP) is 3.12. The van der Waals surface area contributed by atoms with Crippen molar-refractivity contribution in [3.63, 3.8) is 0 Å². The first-order chi connectivity index (χ1) is 11.6. The third-order valence-electron chi connectivity index (χ3n) is 4.24. The van der Waals surface area contributed by atoms with Crippen molar-refractivity contribution in [2.75, 3.05) is 11.9 Å². The Hall–Kier alpha value is -3.02. The molecule has 2 aromatic heterocycles. The highest BCUT2D eigenvalue weighted by molar-refractivity contribution is 6.00. The van der Waals surface area contributed by atoms with E-state index in [0.29, 0.717) is 13.0 Å². The maximum absolute atomic E-state index is 13.3. The largest absolute Gasteiger partial charge is 0.300 e. The molecule has 1 aliphatic rings. The molecule has 120 valence electrons. The van der Waals surface area contributed by atoms with E-state index in [2.05, 4.69) is 4.98 Å². The number of hydrogen-bond donors (Lipinski definition) is 0. The van der Waals surface area contributed by atoms with Crippen LogP contribution in [-0.2, 0) is 11.3 Å². The molecule has 3 aromatic rings. The standard InChI is InChI=1S/C18H15FN4O/c1-22-15(24)8-11-23-18(22)16(12-6-9-20-10-7-12)17(21-23)13-2-4-14(19)5-3-13/h2-7,9-10H,8,11H2,1H3. The van der Waals surface area contributed by atoms with Gasteiger partial charge in [-0.1, -0.05) is 0 Å². The van der Waals surface area contributed by atoms with Crippen molar-refractivity contribution in [2.45, 2.75) is 13.0 Å². The van der Waals surface area contributed by atoms with E-state index in [-0.39, 0.29) is 11.7 Å². The van der Waals surface area contributed by atoms with Gasteiger partial charge in [0.15, 0.2) is 0 Å². The molecule has 0 saturated heterocycles. The smallest absolute Gasteiger partial charge is 0.229 e. The number of rotatable bonds is 2. The van der Waals surface area contributed by atoms with Gasteiger partial charge in [-0.25, -0.2) is 9.07 Å². The number of aryl methyl sites for hydroxylation is 1. The van der Waals surface area contributed by atoms with Crippen LogP contribution in [0.2, 0.25) is 0 Å². The minimum atomic E-state index is -0.291. The van der Waals surface area contributed by atoms with E-state index in [0.717, 1.165) is 28.2 Å². The fourth-order valence-corrected chi connectivity index (χ4v) is 3.03. The Morgan fingerprint density at radius 3 is 2.46 bits per heavy atom. The molecule has 0 aliphatic carbocycles. The zero-order chi connectivity index (χ0) is 16.7. The fourth-order valence-electron chi connectivity index (χ4n) is 3.03. The molecule has 0 atom stereocenters. The molecule has 5 nitrogen and oxygen atoms in total. The van der Waals surface area contributed by atoms with Gasteiger partial charge in [-0.3, -0.25) is 14.7 Å². The maximum Gasteiger partial charge on any atom is 0.229 e. The van der Waals surface area contributed by atoms with Crippen LogP contribution in [0.4, 0.5) is 10.2 Å². The van der Waals surface area contributed by atoms with E-state index >= 15 is 0 Å². The topological polar surface area (TPSA) is 51.0 Å². The molecule has 1 aromatic carbocycles. The Bertz CT molecular complexity index is 903. The highest BCUT2D eigenvalue weighted by Crippen LogP contribution is 2.40. The van der Waals surface area contributed by atoms with Gasteiger partial charge >= 0.3 is 0 Å². The summed E-state index contributed by atoms with van der Waals surface area (Å²) in [5, 5.41) is 4.69. The van der Waals surface area contributed by atoms with Crippen LogP contribution in [0.3, 0.4) is 0 Å². The van der Waals surface area contributed by atoms with E-state index in [1.54, 1.807) is 36.5 Å². The fraction of sp³-hybridized carbons (Fsp3) is 0.167. The number of nitrogens with zero attached hydrogens (tertiary/aromatic N) is 4. The lowest BCUT2D eigenvalue weighted by Gasteiger charge is -2.25. The Morgan fingerprint density at radius 1 is 1.04 bits per heavy atom.